The van der Waals surface area contributed by atoms with Crippen LogP contribution in [0.4, 0.5) is 10.1 Å². The summed E-state index contributed by atoms with van der Waals surface area (Å²) in [6, 6.07) is 14.4. The molecular weight excluding hydrogens is 455 g/mol. The van der Waals surface area contributed by atoms with Gasteiger partial charge in [-0.3, -0.25) is 4.79 Å². The van der Waals surface area contributed by atoms with Crippen molar-refractivity contribution in [1.82, 2.24) is 24.1 Å². The molecule has 0 aliphatic carbocycles. The Balaban J connectivity index is 1.29. The summed E-state index contributed by atoms with van der Waals surface area (Å²) in [4.78, 5) is 35.1. The van der Waals surface area contributed by atoms with Gasteiger partial charge in [0, 0.05) is 49.2 Å². The lowest BCUT2D eigenvalue weighted by molar-refractivity contribution is -0.132. The molecule has 0 atom stereocenters. The fraction of sp³-hybridized carbons (Fsp3) is 0.250. The molecule has 0 unspecified atom stereocenters. The topological polar surface area (TPSA) is 75.7 Å². The van der Waals surface area contributed by atoms with Gasteiger partial charge in [0.15, 0.2) is 5.65 Å². The van der Waals surface area contributed by atoms with Gasteiger partial charge in [-0.15, -0.1) is 5.10 Å². The summed E-state index contributed by atoms with van der Waals surface area (Å²) in [5, 5.41) is 5.03. The molecule has 1 aliphatic rings. The van der Waals surface area contributed by atoms with E-state index in [2.05, 4.69) is 15.0 Å². The Labute approximate surface area is 199 Å². The molecule has 3 heterocycles. The van der Waals surface area contributed by atoms with Gasteiger partial charge in [-0.2, -0.15) is 0 Å². The van der Waals surface area contributed by atoms with Crippen molar-refractivity contribution >= 4 is 29.0 Å². The lowest BCUT2D eigenvalue weighted by Gasteiger charge is -2.36. The van der Waals surface area contributed by atoms with Crippen LogP contribution in [0, 0.1) is 12.7 Å². The van der Waals surface area contributed by atoms with E-state index in [1.807, 2.05) is 31.2 Å². The Hall–Kier alpha value is -3.66. The predicted octanol–water partition coefficient (Wildman–Crippen LogP) is 2.84. The number of rotatable bonds is 5. The summed E-state index contributed by atoms with van der Waals surface area (Å²) >= 11 is 1.43. The molecule has 10 heteroatoms. The molecule has 0 saturated carbocycles. The zero-order valence-electron chi connectivity index (χ0n) is 18.6. The van der Waals surface area contributed by atoms with Crippen LogP contribution in [0.1, 0.15) is 5.56 Å². The predicted molar refractivity (Wildman–Crippen MR) is 128 cm³/mol. The van der Waals surface area contributed by atoms with Gasteiger partial charge in [0.25, 0.3) is 0 Å². The molecule has 0 N–H and O–H groups in total. The standard InChI is InChI=1S/C24H23FN6O2S/c1-17-3-2-4-20(15-17)34-23-22-27-31(24(33)30(22)10-9-26-23)16-21(32)29-13-11-28(12-14-29)19-7-5-18(25)6-8-19/h2-10,15H,11-14,16H2,1H3. The minimum Gasteiger partial charge on any atom is -0.368 e. The Morgan fingerprint density at radius 3 is 2.59 bits per heavy atom. The molecule has 2 aromatic heterocycles. The number of anilines is 1. The van der Waals surface area contributed by atoms with Crippen LogP contribution in [0.15, 0.2) is 75.6 Å². The maximum atomic E-state index is 13.2. The summed E-state index contributed by atoms with van der Waals surface area (Å²) in [6.07, 6.45) is 3.13. The summed E-state index contributed by atoms with van der Waals surface area (Å²) in [5.74, 6) is -0.434. The van der Waals surface area contributed by atoms with Crippen molar-refractivity contribution in [1.29, 1.82) is 0 Å². The molecule has 2 aromatic carbocycles. The fourth-order valence-electron chi connectivity index (χ4n) is 3.99. The van der Waals surface area contributed by atoms with E-state index in [-0.39, 0.29) is 24.0 Å². The van der Waals surface area contributed by atoms with Gasteiger partial charge in [-0.25, -0.2) is 23.3 Å². The number of nitrogens with zero attached hydrogens (tertiary/aromatic N) is 6. The van der Waals surface area contributed by atoms with Gasteiger partial charge in [0.1, 0.15) is 17.4 Å². The summed E-state index contributed by atoms with van der Waals surface area (Å²) < 4.78 is 15.8. The SMILES string of the molecule is Cc1cccc(Sc2nccn3c(=O)n(CC(=O)N4CCN(c5ccc(F)cc5)CC4)nc23)c1. The number of halogens is 1. The van der Waals surface area contributed by atoms with E-state index < -0.39 is 0 Å². The molecule has 1 amide bonds. The summed E-state index contributed by atoms with van der Waals surface area (Å²) in [6.45, 7) is 4.20. The maximum Gasteiger partial charge on any atom is 0.350 e. The van der Waals surface area contributed by atoms with E-state index in [0.29, 0.717) is 36.9 Å². The third kappa shape index (κ3) is 4.54. The van der Waals surface area contributed by atoms with Crippen LogP contribution in [0.5, 0.6) is 0 Å². The van der Waals surface area contributed by atoms with Crippen LogP contribution in [0.25, 0.3) is 5.65 Å². The highest BCUT2D eigenvalue weighted by Gasteiger charge is 2.23. The molecular formula is C24H23FN6O2S. The first-order valence-corrected chi connectivity index (χ1v) is 11.8. The highest BCUT2D eigenvalue weighted by atomic mass is 32.2. The van der Waals surface area contributed by atoms with Crippen molar-refractivity contribution in [3.63, 3.8) is 0 Å². The Kier molecular flexibility index (Phi) is 6.06. The summed E-state index contributed by atoms with van der Waals surface area (Å²) in [7, 11) is 0. The van der Waals surface area contributed by atoms with Gasteiger partial charge in [-0.1, -0.05) is 29.5 Å². The Morgan fingerprint density at radius 2 is 1.85 bits per heavy atom. The first-order valence-electron chi connectivity index (χ1n) is 10.9. The van der Waals surface area contributed by atoms with Crippen molar-refractivity contribution in [3.05, 3.63) is 82.8 Å². The van der Waals surface area contributed by atoms with Gasteiger partial charge in [-0.05, 0) is 43.3 Å². The van der Waals surface area contributed by atoms with Crippen molar-refractivity contribution in [2.45, 2.75) is 23.4 Å². The Morgan fingerprint density at radius 1 is 1.09 bits per heavy atom. The highest BCUT2D eigenvalue weighted by molar-refractivity contribution is 7.99. The first kappa shape index (κ1) is 22.1. The second kappa shape index (κ2) is 9.30. The van der Waals surface area contributed by atoms with E-state index >= 15 is 0 Å². The van der Waals surface area contributed by atoms with Gasteiger partial charge < -0.3 is 9.80 Å². The molecule has 0 spiro atoms. The number of benzene rings is 2. The molecule has 8 nitrogen and oxygen atoms in total. The van der Waals surface area contributed by atoms with E-state index in [4.69, 9.17) is 0 Å². The molecule has 5 rings (SSSR count). The molecule has 0 bridgehead atoms. The second-order valence-electron chi connectivity index (χ2n) is 8.13. The minimum absolute atomic E-state index is 0.133. The molecule has 174 valence electrons. The molecule has 34 heavy (non-hydrogen) atoms. The zero-order valence-corrected chi connectivity index (χ0v) is 19.4. The number of amides is 1. The van der Waals surface area contributed by atoms with E-state index in [1.54, 1.807) is 29.4 Å². The number of aryl methyl sites for hydroxylation is 1. The number of carbonyl (C=O) groups excluding carboxylic acids is 1. The van der Waals surface area contributed by atoms with Crippen LogP contribution in [-0.4, -0.2) is 56.2 Å². The van der Waals surface area contributed by atoms with Gasteiger partial charge in [0.05, 0.1) is 0 Å². The monoisotopic (exact) mass is 478 g/mol. The van der Waals surface area contributed by atoms with Crippen molar-refractivity contribution in [3.8, 4) is 0 Å². The molecule has 1 fully saturated rings. The van der Waals surface area contributed by atoms with Crippen molar-refractivity contribution in [2.75, 3.05) is 31.1 Å². The fourth-order valence-corrected chi connectivity index (χ4v) is 4.94. The number of carbonyl (C=O) groups is 1. The second-order valence-corrected chi connectivity index (χ2v) is 9.19. The van der Waals surface area contributed by atoms with Crippen LogP contribution >= 0.6 is 11.8 Å². The van der Waals surface area contributed by atoms with Crippen LogP contribution in [0.3, 0.4) is 0 Å². The van der Waals surface area contributed by atoms with E-state index in [0.717, 1.165) is 16.1 Å². The van der Waals surface area contributed by atoms with Crippen LogP contribution in [0.2, 0.25) is 0 Å². The average Bonchev–Trinajstić information content (AvgIpc) is 3.16. The van der Waals surface area contributed by atoms with E-state index in [9.17, 15) is 14.0 Å². The Bertz CT molecular complexity index is 1390. The number of hydrogen-bond acceptors (Lipinski definition) is 6. The van der Waals surface area contributed by atoms with Crippen molar-refractivity contribution < 1.29 is 9.18 Å². The lowest BCUT2D eigenvalue weighted by Crippen LogP contribution is -2.50. The quantitative estimate of drug-likeness (QED) is 0.439. The van der Waals surface area contributed by atoms with Crippen LogP contribution < -0.4 is 10.6 Å². The normalized spacial score (nSPS) is 14.1. The number of piperazine rings is 1. The molecule has 0 radical (unpaired) electrons. The first-order chi connectivity index (χ1) is 16.5. The molecule has 4 aromatic rings. The van der Waals surface area contributed by atoms with Crippen LogP contribution in [-0.2, 0) is 11.3 Å². The smallest absolute Gasteiger partial charge is 0.350 e. The zero-order chi connectivity index (χ0) is 23.7. The largest absolute Gasteiger partial charge is 0.368 e. The van der Waals surface area contributed by atoms with E-state index in [1.165, 1.54) is 33.0 Å². The third-order valence-corrected chi connectivity index (χ3v) is 6.75. The maximum absolute atomic E-state index is 13.2. The summed E-state index contributed by atoms with van der Waals surface area (Å²) in [5.41, 5.74) is 2.11. The molecule has 1 aliphatic heterocycles. The molecule has 1 saturated heterocycles. The average molecular weight is 479 g/mol. The van der Waals surface area contributed by atoms with Crippen molar-refractivity contribution in [2.24, 2.45) is 0 Å². The minimum atomic E-state index is -0.373. The number of fused-ring (bicyclic) bond motifs is 1. The van der Waals surface area contributed by atoms with Gasteiger partial charge in [0.2, 0.25) is 5.91 Å². The number of aromatic nitrogens is 4. The highest BCUT2D eigenvalue weighted by Crippen LogP contribution is 2.28. The number of hydrogen-bond donors (Lipinski definition) is 0. The van der Waals surface area contributed by atoms with Gasteiger partial charge >= 0.3 is 5.69 Å². The third-order valence-electron chi connectivity index (χ3n) is 5.78. The lowest BCUT2D eigenvalue weighted by atomic mass is 10.2.